The van der Waals surface area contributed by atoms with E-state index < -0.39 is 0 Å². The Labute approximate surface area is 306 Å². The highest BCUT2D eigenvalue weighted by atomic mass is 15.1. The van der Waals surface area contributed by atoms with Gasteiger partial charge in [-0.15, -0.1) is 0 Å². The van der Waals surface area contributed by atoms with E-state index in [4.69, 9.17) is 0 Å². The van der Waals surface area contributed by atoms with Crippen LogP contribution in [0.2, 0.25) is 0 Å². The number of rotatable bonds is 8. The van der Waals surface area contributed by atoms with Gasteiger partial charge in [0.05, 0.1) is 5.69 Å². The Bertz CT molecular complexity index is 2570. The van der Waals surface area contributed by atoms with Gasteiger partial charge < -0.3 is 9.47 Å². The zero-order chi connectivity index (χ0) is 34.9. The molecule has 1 aliphatic rings. The van der Waals surface area contributed by atoms with Crippen LogP contribution >= 0.6 is 0 Å². The fourth-order valence-electron chi connectivity index (χ4n) is 8.03. The maximum atomic E-state index is 2.43. The van der Waals surface area contributed by atoms with E-state index in [0.29, 0.717) is 5.92 Å². The number of hydrogen-bond donors (Lipinski definition) is 0. The molecular formula is C50H40N2. The summed E-state index contributed by atoms with van der Waals surface area (Å²) >= 11 is 0. The lowest BCUT2D eigenvalue weighted by molar-refractivity contribution is 0.827. The van der Waals surface area contributed by atoms with Crippen molar-refractivity contribution in [2.75, 3.05) is 4.90 Å². The standard InChI is InChI=1S/C50H40N2/c1-2-51-47-24-11-10-22-46(47)50-45(23-14-26-49(50)51)41-20-13-19-40(35-41)44-21-9-12-25-48(44)52(42-31-27-38(28-32-42)36-15-5-3-6-16-36)43-33-29-39(30-34-43)37-17-7-4-8-18-37/h3-29,31-35,39H,2,30H2,1H3. The highest BCUT2D eigenvalue weighted by Gasteiger charge is 2.22. The van der Waals surface area contributed by atoms with Crippen LogP contribution in [0.15, 0.2) is 200 Å². The van der Waals surface area contributed by atoms with Crippen LogP contribution in [0.5, 0.6) is 0 Å². The van der Waals surface area contributed by atoms with Gasteiger partial charge in [0.25, 0.3) is 0 Å². The third-order valence-electron chi connectivity index (χ3n) is 10.5. The summed E-state index contributed by atoms with van der Waals surface area (Å²) in [6.07, 6.45) is 8.03. The Morgan fingerprint density at radius 2 is 1.17 bits per heavy atom. The second-order valence-electron chi connectivity index (χ2n) is 13.5. The number of benzene rings is 7. The molecule has 0 N–H and O–H groups in total. The lowest BCUT2D eigenvalue weighted by Crippen LogP contribution is -2.18. The van der Waals surface area contributed by atoms with Crippen molar-refractivity contribution in [3.05, 3.63) is 205 Å². The zero-order valence-electron chi connectivity index (χ0n) is 29.4. The van der Waals surface area contributed by atoms with Crippen molar-refractivity contribution in [1.29, 1.82) is 0 Å². The maximum Gasteiger partial charge on any atom is 0.0539 e. The largest absolute Gasteiger partial charge is 0.341 e. The second kappa shape index (κ2) is 13.7. The third kappa shape index (κ3) is 5.73. The molecule has 0 amide bonds. The van der Waals surface area contributed by atoms with Gasteiger partial charge in [-0.05, 0) is 89.2 Å². The smallest absolute Gasteiger partial charge is 0.0539 e. The van der Waals surface area contributed by atoms with E-state index in [-0.39, 0.29) is 0 Å². The second-order valence-corrected chi connectivity index (χ2v) is 13.5. The number of aromatic nitrogens is 1. The van der Waals surface area contributed by atoms with Crippen LogP contribution in [-0.2, 0) is 6.54 Å². The minimum atomic E-state index is 0.362. The maximum absolute atomic E-state index is 2.43. The molecule has 250 valence electrons. The van der Waals surface area contributed by atoms with E-state index in [0.717, 1.165) is 24.3 Å². The monoisotopic (exact) mass is 668 g/mol. The normalized spacial score (nSPS) is 14.1. The van der Waals surface area contributed by atoms with E-state index in [9.17, 15) is 0 Å². The Morgan fingerprint density at radius 1 is 0.558 bits per heavy atom. The lowest BCUT2D eigenvalue weighted by Gasteiger charge is -2.31. The molecule has 1 unspecified atom stereocenters. The van der Waals surface area contributed by atoms with E-state index in [1.165, 1.54) is 66.4 Å². The number of para-hydroxylation sites is 2. The lowest BCUT2D eigenvalue weighted by atomic mass is 9.91. The third-order valence-corrected chi connectivity index (χ3v) is 10.5. The van der Waals surface area contributed by atoms with Crippen LogP contribution in [0, 0.1) is 0 Å². The summed E-state index contributed by atoms with van der Waals surface area (Å²) < 4.78 is 2.43. The van der Waals surface area contributed by atoms with E-state index in [1.807, 2.05) is 0 Å². The quantitative estimate of drug-likeness (QED) is 0.156. The molecule has 0 saturated heterocycles. The highest BCUT2D eigenvalue weighted by Crippen LogP contribution is 2.43. The topological polar surface area (TPSA) is 8.17 Å². The molecule has 7 aromatic carbocycles. The van der Waals surface area contributed by atoms with Gasteiger partial charge in [-0.3, -0.25) is 0 Å². The summed E-state index contributed by atoms with van der Waals surface area (Å²) in [6, 6.07) is 64.0. The fraction of sp³-hybridized carbons (Fsp3) is 0.0800. The molecule has 2 nitrogen and oxygen atoms in total. The van der Waals surface area contributed by atoms with Crippen molar-refractivity contribution in [2.45, 2.75) is 25.8 Å². The van der Waals surface area contributed by atoms with Crippen LogP contribution in [0.25, 0.3) is 55.2 Å². The first-order chi connectivity index (χ1) is 25.8. The minimum absolute atomic E-state index is 0.362. The summed E-state index contributed by atoms with van der Waals surface area (Å²) in [6.45, 7) is 3.16. The Hall–Kier alpha value is -6.38. The zero-order valence-corrected chi connectivity index (χ0v) is 29.4. The van der Waals surface area contributed by atoms with E-state index >= 15 is 0 Å². The minimum Gasteiger partial charge on any atom is -0.341 e. The van der Waals surface area contributed by atoms with Gasteiger partial charge in [-0.2, -0.15) is 0 Å². The first-order valence-corrected chi connectivity index (χ1v) is 18.4. The van der Waals surface area contributed by atoms with Gasteiger partial charge in [-0.25, -0.2) is 0 Å². The number of allylic oxidation sites excluding steroid dienone is 3. The number of anilines is 2. The average molecular weight is 669 g/mol. The van der Waals surface area contributed by atoms with Crippen LogP contribution < -0.4 is 4.90 Å². The molecule has 2 heteroatoms. The van der Waals surface area contributed by atoms with Crippen LogP contribution in [0.1, 0.15) is 24.8 Å². The molecule has 1 atom stereocenters. The summed E-state index contributed by atoms with van der Waals surface area (Å²) in [5.74, 6) is 0.362. The number of hydrogen-bond acceptors (Lipinski definition) is 1. The van der Waals surface area contributed by atoms with E-state index in [2.05, 4.69) is 211 Å². The van der Waals surface area contributed by atoms with Crippen molar-refractivity contribution in [3.8, 4) is 33.4 Å². The molecule has 0 spiro atoms. The molecule has 0 aliphatic heterocycles. The van der Waals surface area contributed by atoms with Gasteiger partial charge in [0, 0.05) is 51.2 Å². The van der Waals surface area contributed by atoms with Crippen LogP contribution in [0.3, 0.4) is 0 Å². The molecule has 1 aromatic heterocycles. The first-order valence-electron chi connectivity index (χ1n) is 18.4. The van der Waals surface area contributed by atoms with Crippen molar-refractivity contribution >= 4 is 33.2 Å². The number of aryl methyl sites for hydroxylation is 1. The molecule has 52 heavy (non-hydrogen) atoms. The van der Waals surface area contributed by atoms with Gasteiger partial charge in [0.1, 0.15) is 0 Å². The molecule has 8 aromatic rings. The van der Waals surface area contributed by atoms with Gasteiger partial charge >= 0.3 is 0 Å². The Balaban J connectivity index is 1.16. The molecule has 1 heterocycles. The predicted octanol–water partition coefficient (Wildman–Crippen LogP) is 13.6. The molecule has 0 bridgehead atoms. The van der Waals surface area contributed by atoms with Crippen LogP contribution in [0.4, 0.5) is 11.4 Å². The Kier molecular flexibility index (Phi) is 8.34. The number of nitrogens with zero attached hydrogens (tertiary/aromatic N) is 2. The Morgan fingerprint density at radius 3 is 1.94 bits per heavy atom. The highest BCUT2D eigenvalue weighted by molar-refractivity contribution is 6.15. The fourth-order valence-corrected chi connectivity index (χ4v) is 8.03. The van der Waals surface area contributed by atoms with Gasteiger partial charge in [-0.1, -0.05) is 152 Å². The molecular weight excluding hydrogens is 629 g/mol. The molecule has 9 rings (SSSR count). The predicted molar refractivity (Wildman–Crippen MR) is 221 cm³/mol. The average Bonchev–Trinajstić information content (AvgIpc) is 3.56. The van der Waals surface area contributed by atoms with Crippen molar-refractivity contribution < 1.29 is 0 Å². The summed E-state index contributed by atoms with van der Waals surface area (Å²) in [5.41, 5.74) is 14.7. The van der Waals surface area contributed by atoms with Crippen molar-refractivity contribution in [2.24, 2.45) is 0 Å². The molecule has 1 aliphatic carbocycles. The first kappa shape index (κ1) is 31.6. The van der Waals surface area contributed by atoms with E-state index in [1.54, 1.807) is 0 Å². The van der Waals surface area contributed by atoms with Crippen molar-refractivity contribution in [1.82, 2.24) is 4.57 Å². The summed E-state index contributed by atoms with van der Waals surface area (Å²) in [5, 5.41) is 2.62. The molecule has 0 fully saturated rings. The number of fused-ring (bicyclic) bond motifs is 3. The SMILES string of the molecule is CCn1c2ccccc2c2c(-c3cccc(-c4ccccc4N(C4=CCC(c5ccccc5)C=C4)c4ccc(-c5ccccc5)cc4)c3)cccc21. The van der Waals surface area contributed by atoms with Gasteiger partial charge in [0.2, 0.25) is 0 Å². The van der Waals surface area contributed by atoms with Gasteiger partial charge in [0.15, 0.2) is 0 Å². The van der Waals surface area contributed by atoms with Crippen LogP contribution in [-0.4, -0.2) is 4.57 Å². The summed E-state index contributed by atoms with van der Waals surface area (Å²) in [7, 11) is 0. The van der Waals surface area contributed by atoms with Crippen molar-refractivity contribution in [3.63, 3.8) is 0 Å². The molecule has 0 radical (unpaired) electrons. The summed E-state index contributed by atoms with van der Waals surface area (Å²) in [4.78, 5) is 2.43. The molecule has 0 saturated carbocycles.